The number of nitrogens with one attached hydrogen (secondary N) is 1. The molecular weight excluding hydrogens is 334 g/mol. The van der Waals surface area contributed by atoms with Gasteiger partial charge in [0.05, 0.1) is 14.2 Å². The fourth-order valence-electron chi connectivity index (χ4n) is 6.41. The molecule has 2 fully saturated rings. The van der Waals surface area contributed by atoms with Crippen LogP contribution in [0.5, 0.6) is 11.5 Å². The minimum Gasteiger partial charge on any atom is -0.493 e. The second kappa shape index (κ2) is 5.14. The average Bonchev–Trinajstić information content (AvgIpc) is 3.17. The van der Waals surface area contributed by atoms with Crippen LogP contribution in [-0.4, -0.2) is 51.6 Å². The van der Waals surface area contributed by atoms with Crippen LogP contribution in [0, 0.1) is 11.8 Å². The van der Waals surface area contributed by atoms with Crippen molar-refractivity contribution in [3.8, 4) is 11.5 Å². The van der Waals surface area contributed by atoms with Crippen molar-refractivity contribution in [3.63, 3.8) is 0 Å². The van der Waals surface area contributed by atoms with Gasteiger partial charge in [-0.25, -0.2) is 4.79 Å². The van der Waals surface area contributed by atoms with E-state index in [1.807, 2.05) is 6.07 Å². The maximum absolute atomic E-state index is 12.9. The highest BCUT2D eigenvalue weighted by Gasteiger charge is 2.77. The molecule has 2 heterocycles. The highest BCUT2D eigenvalue weighted by molar-refractivity contribution is 5.83. The molecule has 1 N–H and O–H groups in total. The van der Waals surface area contributed by atoms with Crippen molar-refractivity contribution in [3.05, 3.63) is 23.3 Å². The van der Waals surface area contributed by atoms with Crippen molar-refractivity contribution in [1.29, 1.82) is 0 Å². The van der Waals surface area contributed by atoms with Gasteiger partial charge < -0.3 is 24.3 Å². The summed E-state index contributed by atoms with van der Waals surface area (Å²) in [5.41, 5.74) is 1.18. The van der Waals surface area contributed by atoms with Crippen molar-refractivity contribution in [1.82, 2.24) is 5.32 Å². The number of piperidine rings is 1. The van der Waals surface area contributed by atoms with Crippen molar-refractivity contribution in [2.75, 3.05) is 27.9 Å². The largest absolute Gasteiger partial charge is 0.493 e. The van der Waals surface area contributed by atoms with Crippen LogP contribution in [0.3, 0.4) is 0 Å². The summed E-state index contributed by atoms with van der Waals surface area (Å²) in [6, 6.07) is 4.43. The highest BCUT2D eigenvalue weighted by atomic mass is 16.6. The summed E-state index contributed by atoms with van der Waals surface area (Å²) in [4.78, 5) is 12.9. The minimum absolute atomic E-state index is 0.252. The third kappa shape index (κ3) is 1.55. The van der Waals surface area contributed by atoms with E-state index in [9.17, 15) is 4.79 Å². The van der Waals surface area contributed by atoms with Gasteiger partial charge in [0.15, 0.2) is 11.5 Å². The van der Waals surface area contributed by atoms with Gasteiger partial charge in [-0.05, 0) is 42.9 Å². The van der Waals surface area contributed by atoms with E-state index >= 15 is 0 Å². The molecule has 26 heavy (non-hydrogen) atoms. The fraction of sp³-hybridized carbons (Fsp3) is 0.650. The Kier molecular flexibility index (Phi) is 3.24. The number of rotatable bonds is 3. The summed E-state index contributed by atoms with van der Waals surface area (Å²) in [5.74, 6) is 1.74. The molecule has 0 radical (unpaired) electrons. The molecule has 6 atom stereocenters. The van der Waals surface area contributed by atoms with E-state index in [0.29, 0.717) is 18.4 Å². The van der Waals surface area contributed by atoms with Crippen molar-refractivity contribution in [2.45, 2.75) is 42.9 Å². The Bertz CT molecular complexity index is 795. The predicted octanol–water partition coefficient (Wildman–Crippen LogP) is 1.44. The summed E-state index contributed by atoms with van der Waals surface area (Å²) in [6.07, 6.45) is 1.14. The molecule has 0 amide bonds. The molecule has 1 aromatic carbocycles. The number of methoxy groups -OCH3 is 3. The van der Waals surface area contributed by atoms with Crippen LogP contribution < -0.4 is 14.8 Å². The summed E-state index contributed by atoms with van der Waals surface area (Å²) in [6.45, 7) is 3.15. The molecule has 2 bridgehead atoms. The Morgan fingerprint density at radius 3 is 2.81 bits per heavy atom. The third-order valence-corrected chi connectivity index (χ3v) is 7.41. The molecule has 140 valence electrons. The Morgan fingerprint density at radius 1 is 1.31 bits per heavy atom. The number of hydrogen-bond donors (Lipinski definition) is 1. The molecule has 1 spiro atoms. The number of carbonyl (C=O) groups excluding carboxylic acids is 1. The molecule has 2 aliphatic heterocycles. The molecule has 1 aromatic rings. The monoisotopic (exact) mass is 359 g/mol. The summed E-state index contributed by atoms with van der Waals surface area (Å²) in [5, 5.41) is 3.70. The van der Waals surface area contributed by atoms with Crippen molar-refractivity contribution < 1.29 is 23.7 Å². The zero-order chi connectivity index (χ0) is 18.3. The smallest absolute Gasteiger partial charge is 0.342 e. The molecule has 1 saturated carbocycles. The first-order valence-corrected chi connectivity index (χ1v) is 9.28. The first kappa shape index (κ1) is 16.4. The zero-order valence-electron chi connectivity index (χ0n) is 15.6. The minimum atomic E-state index is -1.09. The molecule has 6 nitrogen and oxygen atoms in total. The van der Waals surface area contributed by atoms with Crippen LogP contribution in [0.2, 0.25) is 0 Å². The van der Waals surface area contributed by atoms with Crippen molar-refractivity contribution in [2.24, 2.45) is 11.8 Å². The lowest BCUT2D eigenvalue weighted by atomic mass is 9.55. The Labute approximate surface area is 153 Å². The van der Waals surface area contributed by atoms with Gasteiger partial charge >= 0.3 is 5.97 Å². The van der Waals surface area contributed by atoms with E-state index in [1.165, 1.54) is 18.2 Å². The van der Waals surface area contributed by atoms with Gasteiger partial charge in [0.1, 0.15) is 6.10 Å². The van der Waals surface area contributed by atoms with E-state index in [2.05, 4.69) is 18.3 Å². The fourth-order valence-corrected chi connectivity index (χ4v) is 6.41. The lowest BCUT2D eigenvalue weighted by Gasteiger charge is -2.52. The van der Waals surface area contributed by atoms with Gasteiger partial charge in [0, 0.05) is 24.1 Å². The number of hydrogen-bond acceptors (Lipinski definition) is 6. The van der Waals surface area contributed by atoms with Gasteiger partial charge in [-0.15, -0.1) is 0 Å². The SMILES string of the molecule is COC(=O)[C@@]1(OC)C[C@@H]2[C@@H]3Cc4ccc(OC)c5c4[C@]2(C(C)CN3)[C@@H]1O5. The van der Waals surface area contributed by atoms with E-state index in [1.54, 1.807) is 14.2 Å². The quantitative estimate of drug-likeness (QED) is 0.824. The molecule has 5 rings (SSSR count). The second-order valence-corrected chi connectivity index (χ2v) is 8.08. The average molecular weight is 359 g/mol. The van der Waals surface area contributed by atoms with Gasteiger partial charge in [-0.2, -0.15) is 0 Å². The van der Waals surface area contributed by atoms with E-state index in [0.717, 1.165) is 24.5 Å². The predicted molar refractivity (Wildman–Crippen MR) is 93.6 cm³/mol. The van der Waals surface area contributed by atoms with Crippen LogP contribution in [0.1, 0.15) is 24.5 Å². The van der Waals surface area contributed by atoms with E-state index in [4.69, 9.17) is 18.9 Å². The normalized spacial score (nSPS) is 41.4. The maximum atomic E-state index is 12.9. The van der Waals surface area contributed by atoms with Gasteiger partial charge in [-0.3, -0.25) is 0 Å². The standard InChI is InChI=1S/C20H25NO5/c1-10-9-21-13-7-11-5-6-14(23-2)16-15(11)20(10)12(13)8-19(25-4,17(20)26-16)18(22)24-3/h5-6,10,12-13,17,21H,7-9H2,1-4H3/t10?,12-,13+,17-,19-,20-/m1/s1. The molecular formula is C20H25NO5. The Hall–Kier alpha value is -1.79. The van der Waals surface area contributed by atoms with Gasteiger partial charge in [0.25, 0.3) is 0 Å². The highest BCUT2D eigenvalue weighted by Crippen LogP contribution is 2.68. The van der Waals surface area contributed by atoms with Gasteiger partial charge in [-0.1, -0.05) is 13.0 Å². The van der Waals surface area contributed by atoms with Crippen molar-refractivity contribution >= 4 is 5.97 Å². The molecule has 0 aromatic heterocycles. The Morgan fingerprint density at radius 2 is 2.12 bits per heavy atom. The zero-order valence-corrected chi connectivity index (χ0v) is 15.6. The third-order valence-electron chi connectivity index (χ3n) is 7.41. The van der Waals surface area contributed by atoms with Gasteiger partial charge in [0.2, 0.25) is 5.60 Å². The number of esters is 1. The molecule has 6 heteroatoms. The molecule has 4 aliphatic rings. The second-order valence-electron chi connectivity index (χ2n) is 8.08. The first-order valence-electron chi connectivity index (χ1n) is 9.28. The van der Waals surface area contributed by atoms with E-state index < -0.39 is 11.7 Å². The van der Waals surface area contributed by atoms with Crippen LogP contribution in [0.4, 0.5) is 0 Å². The lowest BCUT2D eigenvalue weighted by molar-refractivity contribution is -0.176. The Balaban J connectivity index is 1.82. The summed E-state index contributed by atoms with van der Waals surface area (Å²) >= 11 is 0. The molecule has 2 aliphatic carbocycles. The van der Waals surface area contributed by atoms with E-state index in [-0.39, 0.29) is 17.3 Å². The van der Waals surface area contributed by atoms with Crippen LogP contribution >= 0.6 is 0 Å². The molecule has 1 saturated heterocycles. The maximum Gasteiger partial charge on any atom is 0.342 e. The lowest BCUT2D eigenvalue weighted by Crippen LogP contribution is -2.64. The van der Waals surface area contributed by atoms with Crippen LogP contribution in [0.15, 0.2) is 12.1 Å². The first-order chi connectivity index (χ1) is 12.5. The summed E-state index contributed by atoms with van der Waals surface area (Å²) in [7, 11) is 4.67. The van der Waals surface area contributed by atoms with Crippen LogP contribution in [0.25, 0.3) is 0 Å². The number of benzene rings is 1. The topological polar surface area (TPSA) is 66.0 Å². The van der Waals surface area contributed by atoms with Crippen LogP contribution in [-0.2, 0) is 26.1 Å². The molecule has 1 unspecified atom stereocenters. The summed E-state index contributed by atoms with van der Waals surface area (Å²) < 4.78 is 23.2. The number of ether oxygens (including phenoxy) is 4. The number of carbonyl (C=O) groups is 1.